The van der Waals surface area contributed by atoms with Gasteiger partial charge in [-0.25, -0.2) is 0 Å². The predicted octanol–water partition coefficient (Wildman–Crippen LogP) is 2.39. The molecule has 0 aromatic heterocycles. The summed E-state index contributed by atoms with van der Waals surface area (Å²) in [6, 6.07) is 3.66. The molecular formula is C18H22F3N3O4. The van der Waals surface area contributed by atoms with Gasteiger partial charge in [0.05, 0.1) is 19.3 Å². The zero-order chi connectivity index (χ0) is 20.5. The molecule has 10 heteroatoms. The molecule has 1 saturated carbocycles. The quantitative estimate of drug-likeness (QED) is 0.282. The van der Waals surface area contributed by atoms with Gasteiger partial charge in [-0.15, -0.1) is 0 Å². The van der Waals surface area contributed by atoms with Gasteiger partial charge in [0.1, 0.15) is 5.75 Å². The molecule has 154 valence electrons. The van der Waals surface area contributed by atoms with E-state index in [4.69, 9.17) is 20.4 Å². The molecule has 1 amide bonds. The first-order valence-electron chi connectivity index (χ1n) is 8.82. The number of carbonyl (C=O) groups is 1. The molecule has 0 bridgehead atoms. The molecule has 3 rings (SSSR count). The summed E-state index contributed by atoms with van der Waals surface area (Å²) in [6.45, 7) is 1.01. The number of ether oxygens (including phenoxy) is 2. The molecule has 1 aromatic rings. The standard InChI is InChI=1S/C18H22F3N3O4/c1-17(7-27-8-17)14(15(22)24-26)23-16(25)11-4-5-12(10-2-3-10)13(6-11)28-9-18(19,20)21/h4-6,10,14,26H,2-3,7-9H2,1H3,(H2,22,24)(H,23,25). The third-order valence-electron chi connectivity index (χ3n) is 4.93. The number of hydrogen-bond donors (Lipinski definition) is 3. The molecule has 1 aromatic carbocycles. The monoisotopic (exact) mass is 401 g/mol. The number of carbonyl (C=O) groups excluding carboxylic acids is 1. The molecule has 1 atom stereocenters. The number of amides is 1. The van der Waals surface area contributed by atoms with Crippen LogP contribution in [0.1, 0.15) is 41.6 Å². The van der Waals surface area contributed by atoms with Crippen LogP contribution in [0.2, 0.25) is 0 Å². The lowest BCUT2D eigenvalue weighted by atomic mass is 9.79. The van der Waals surface area contributed by atoms with Crippen molar-refractivity contribution in [2.24, 2.45) is 16.3 Å². The summed E-state index contributed by atoms with van der Waals surface area (Å²) >= 11 is 0. The van der Waals surface area contributed by atoms with Crippen molar-refractivity contribution in [2.45, 2.75) is 37.9 Å². The van der Waals surface area contributed by atoms with Gasteiger partial charge >= 0.3 is 6.18 Å². The van der Waals surface area contributed by atoms with Gasteiger partial charge in [-0.05, 0) is 36.5 Å². The zero-order valence-corrected chi connectivity index (χ0v) is 15.3. The van der Waals surface area contributed by atoms with Crippen molar-refractivity contribution in [1.82, 2.24) is 5.32 Å². The first kappa shape index (κ1) is 20.2. The molecule has 4 N–H and O–H groups in total. The lowest BCUT2D eigenvalue weighted by Gasteiger charge is -2.43. The number of nitrogens with two attached hydrogens (primary N) is 1. The summed E-state index contributed by atoms with van der Waals surface area (Å²) in [5, 5.41) is 14.7. The minimum absolute atomic E-state index is 0.0472. The molecule has 1 aliphatic heterocycles. The number of oxime groups is 1. The molecule has 2 aliphatic rings. The number of rotatable bonds is 7. The lowest BCUT2D eigenvalue weighted by Crippen LogP contribution is -2.61. The lowest BCUT2D eigenvalue weighted by molar-refractivity contribution is -0.153. The van der Waals surface area contributed by atoms with Crippen molar-refractivity contribution in [2.75, 3.05) is 19.8 Å². The highest BCUT2D eigenvalue weighted by Gasteiger charge is 2.44. The molecule has 2 fully saturated rings. The van der Waals surface area contributed by atoms with Crippen LogP contribution >= 0.6 is 0 Å². The minimum atomic E-state index is -4.48. The fourth-order valence-corrected chi connectivity index (χ4v) is 3.16. The molecule has 1 saturated heterocycles. The topological polar surface area (TPSA) is 106 Å². The summed E-state index contributed by atoms with van der Waals surface area (Å²) < 4.78 is 47.8. The van der Waals surface area contributed by atoms with E-state index < -0.39 is 30.1 Å². The number of hydrogen-bond acceptors (Lipinski definition) is 5. The van der Waals surface area contributed by atoms with Crippen LogP contribution in [0.25, 0.3) is 0 Å². The highest BCUT2D eigenvalue weighted by atomic mass is 19.4. The average Bonchev–Trinajstić information content (AvgIpc) is 3.46. The van der Waals surface area contributed by atoms with Crippen LogP contribution in [-0.4, -0.2) is 49.0 Å². The maximum Gasteiger partial charge on any atom is 0.422 e. The average molecular weight is 401 g/mol. The van der Waals surface area contributed by atoms with Crippen molar-refractivity contribution < 1.29 is 32.6 Å². The maximum atomic E-state index is 12.7. The van der Waals surface area contributed by atoms with E-state index in [-0.39, 0.29) is 23.1 Å². The highest BCUT2D eigenvalue weighted by molar-refractivity contribution is 5.99. The third kappa shape index (κ3) is 4.49. The Balaban J connectivity index is 1.80. The summed E-state index contributed by atoms with van der Waals surface area (Å²) in [6.07, 6.45) is -2.73. The fraction of sp³-hybridized carbons (Fsp3) is 0.556. The number of nitrogens with one attached hydrogen (secondary N) is 1. The minimum Gasteiger partial charge on any atom is -0.484 e. The van der Waals surface area contributed by atoms with Gasteiger partial charge in [0.15, 0.2) is 12.4 Å². The second kappa shape index (κ2) is 7.50. The maximum absolute atomic E-state index is 12.7. The van der Waals surface area contributed by atoms with E-state index in [1.165, 1.54) is 12.1 Å². The van der Waals surface area contributed by atoms with Crippen LogP contribution in [0.15, 0.2) is 23.4 Å². The Bertz CT molecular complexity index is 774. The Hall–Kier alpha value is -2.49. The van der Waals surface area contributed by atoms with Crippen molar-refractivity contribution in [1.29, 1.82) is 0 Å². The van der Waals surface area contributed by atoms with Gasteiger partial charge in [-0.2, -0.15) is 13.2 Å². The van der Waals surface area contributed by atoms with Crippen LogP contribution in [0.3, 0.4) is 0 Å². The van der Waals surface area contributed by atoms with Gasteiger partial charge in [0.2, 0.25) is 0 Å². The van der Waals surface area contributed by atoms with E-state index in [1.807, 2.05) is 6.92 Å². The van der Waals surface area contributed by atoms with Crippen molar-refractivity contribution in [3.05, 3.63) is 29.3 Å². The first-order valence-corrected chi connectivity index (χ1v) is 8.82. The van der Waals surface area contributed by atoms with E-state index in [0.717, 1.165) is 12.8 Å². The third-order valence-corrected chi connectivity index (χ3v) is 4.93. The highest BCUT2D eigenvalue weighted by Crippen LogP contribution is 2.44. The Kier molecular flexibility index (Phi) is 5.42. The van der Waals surface area contributed by atoms with Crippen LogP contribution in [0.5, 0.6) is 5.75 Å². The Morgan fingerprint density at radius 3 is 2.64 bits per heavy atom. The molecule has 0 radical (unpaired) electrons. The number of amidine groups is 1. The normalized spacial score (nSPS) is 20.2. The molecule has 1 unspecified atom stereocenters. The Labute approximate surface area is 159 Å². The van der Waals surface area contributed by atoms with Gasteiger partial charge in [-0.3, -0.25) is 4.79 Å². The largest absolute Gasteiger partial charge is 0.484 e. The molecule has 7 nitrogen and oxygen atoms in total. The van der Waals surface area contributed by atoms with Crippen LogP contribution in [-0.2, 0) is 4.74 Å². The molecule has 28 heavy (non-hydrogen) atoms. The smallest absolute Gasteiger partial charge is 0.422 e. The van der Waals surface area contributed by atoms with Gasteiger partial charge in [0, 0.05) is 11.0 Å². The zero-order valence-electron chi connectivity index (χ0n) is 15.3. The van der Waals surface area contributed by atoms with E-state index >= 15 is 0 Å². The molecule has 1 heterocycles. The van der Waals surface area contributed by atoms with E-state index in [1.54, 1.807) is 6.07 Å². The number of halogens is 3. The van der Waals surface area contributed by atoms with Crippen LogP contribution < -0.4 is 15.8 Å². The summed E-state index contributed by atoms with van der Waals surface area (Å²) in [7, 11) is 0. The predicted molar refractivity (Wildman–Crippen MR) is 93.6 cm³/mol. The number of benzene rings is 1. The van der Waals surface area contributed by atoms with E-state index in [2.05, 4.69) is 10.5 Å². The van der Waals surface area contributed by atoms with Gasteiger partial charge in [0.25, 0.3) is 5.91 Å². The Morgan fingerprint density at radius 2 is 2.14 bits per heavy atom. The van der Waals surface area contributed by atoms with Crippen LogP contribution in [0.4, 0.5) is 13.2 Å². The summed E-state index contributed by atoms with van der Waals surface area (Å²) in [5.41, 5.74) is 5.96. The summed E-state index contributed by atoms with van der Waals surface area (Å²) in [4.78, 5) is 12.7. The van der Waals surface area contributed by atoms with E-state index in [9.17, 15) is 18.0 Å². The second-order valence-corrected chi connectivity index (χ2v) is 7.51. The summed E-state index contributed by atoms with van der Waals surface area (Å²) in [5.74, 6) is -0.548. The van der Waals surface area contributed by atoms with Crippen molar-refractivity contribution in [3.63, 3.8) is 0 Å². The number of alkyl halides is 3. The molecule has 0 spiro atoms. The van der Waals surface area contributed by atoms with Crippen molar-refractivity contribution in [3.8, 4) is 5.75 Å². The molecule has 1 aliphatic carbocycles. The van der Waals surface area contributed by atoms with E-state index in [0.29, 0.717) is 18.8 Å². The SMILES string of the molecule is CC1(C(NC(=O)c2ccc(C3CC3)c(OCC(F)(F)F)c2)/C(N)=N/O)COC1. The first-order chi connectivity index (χ1) is 13.1. The second-order valence-electron chi connectivity index (χ2n) is 7.51. The molecular weight excluding hydrogens is 379 g/mol. The number of nitrogens with zero attached hydrogens (tertiary/aromatic N) is 1. The van der Waals surface area contributed by atoms with Crippen LogP contribution in [0, 0.1) is 5.41 Å². The van der Waals surface area contributed by atoms with Gasteiger partial charge < -0.3 is 25.7 Å². The van der Waals surface area contributed by atoms with Crippen molar-refractivity contribution >= 4 is 11.7 Å². The van der Waals surface area contributed by atoms with Gasteiger partial charge in [-0.1, -0.05) is 18.1 Å². The Morgan fingerprint density at radius 1 is 1.46 bits per heavy atom. The fourth-order valence-electron chi connectivity index (χ4n) is 3.16.